The van der Waals surface area contributed by atoms with Crippen LogP contribution in [0.25, 0.3) is 0 Å². The molecule has 1 aliphatic rings. The highest BCUT2D eigenvalue weighted by Crippen LogP contribution is 2.25. The third-order valence-electron chi connectivity index (χ3n) is 3.82. The van der Waals surface area contributed by atoms with Gasteiger partial charge in [-0.1, -0.05) is 13.8 Å². The number of H-pyrrole nitrogens is 1. The fourth-order valence-electron chi connectivity index (χ4n) is 2.38. The number of halogens is 1. The Labute approximate surface area is 162 Å². The Morgan fingerprint density at radius 3 is 2.65 bits per heavy atom. The number of aromatic amines is 1. The van der Waals surface area contributed by atoms with Crippen LogP contribution in [0.15, 0.2) is 9.85 Å². The van der Waals surface area contributed by atoms with E-state index in [0.717, 1.165) is 23.9 Å². The minimum absolute atomic E-state index is 0.182. The molecule has 0 saturated carbocycles. The molecule has 0 unspecified atom stereocenters. The molecule has 9 nitrogen and oxygen atoms in total. The van der Waals surface area contributed by atoms with Crippen LogP contribution >= 0.6 is 27.3 Å². The summed E-state index contributed by atoms with van der Waals surface area (Å²) in [6.07, 6.45) is 0. The lowest BCUT2D eigenvalue weighted by Crippen LogP contribution is -2.42. The molecule has 140 valence electrons. The number of anilines is 1. The number of nitrogens with one attached hydrogen (secondary N) is 3. The van der Waals surface area contributed by atoms with Crippen molar-refractivity contribution in [2.45, 2.75) is 19.8 Å². The Balaban J connectivity index is 1.58. The highest BCUT2D eigenvalue weighted by Gasteiger charge is 2.21. The molecule has 0 radical (unpaired) electrons. The Bertz CT molecular complexity index is 799. The van der Waals surface area contributed by atoms with Crippen molar-refractivity contribution in [3.8, 4) is 0 Å². The van der Waals surface area contributed by atoms with Crippen molar-refractivity contribution < 1.29 is 14.3 Å². The normalized spacial score (nSPS) is 14.5. The molecule has 2 aromatic rings. The number of amides is 2. The number of thiazole rings is 1. The van der Waals surface area contributed by atoms with Gasteiger partial charge in [0.2, 0.25) is 0 Å². The molecule has 3 rings (SSSR count). The molecule has 2 amide bonds. The molecule has 1 fully saturated rings. The van der Waals surface area contributed by atoms with E-state index in [1.54, 1.807) is 5.38 Å². The molecule has 1 saturated heterocycles. The molecule has 26 heavy (non-hydrogen) atoms. The summed E-state index contributed by atoms with van der Waals surface area (Å²) in [5.41, 5.74) is 5.97. The second-order valence-electron chi connectivity index (χ2n) is 5.98. The Morgan fingerprint density at radius 1 is 1.31 bits per heavy atom. The van der Waals surface area contributed by atoms with Gasteiger partial charge >= 0.3 is 0 Å². The summed E-state index contributed by atoms with van der Waals surface area (Å²) < 4.78 is 5.89. The van der Waals surface area contributed by atoms with E-state index in [9.17, 15) is 9.59 Å². The van der Waals surface area contributed by atoms with E-state index in [1.807, 2.05) is 13.8 Å². The van der Waals surface area contributed by atoms with Crippen LogP contribution in [0, 0.1) is 0 Å². The molecule has 0 aliphatic carbocycles. The maximum absolute atomic E-state index is 12.2. The third-order valence-corrected chi connectivity index (χ3v) is 5.52. The number of rotatable bonds is 4. The van der Waals surface area contributed by atoms with E-state index in [1.165, 1.54) is 11.3 Å². The maximum Gasteiger partial charge on any atom is 0.291 e. The average Bonchev–Trinajstić information content (AvgIpc) is 3.27. The maximum atomic E-state index is 12.2. The van der Waals surface area contributed by atoms with Crippen LogP contribution in [0.3, 0.4) is 0 Å². The second kappa shape index (κ2) is 8.14. The molecule has 0 atom stereocenters. The van der Waals surface area contributed by atoms with Crippen LogP contribution in [0.5, 0.6) is 0 Å². The number of morpholine rings is 1. The van der Waals surface area contributed by atoms with Gasteiger partial charge < -0.3 is 9.64 Å². The van der Waals surface area contributed by atoms with Gasteiger partial charge in [0, 0.05) is 18.5 Å². The summed E-state index contributed by atoms with van der Waals surface area (Å²) in [6.45, 7) is 6.75. The molecule has 0 bridgehead atoms. The molecule has 11 heteroatoms. The largest absolute Gasteiger partial charge is 0.378 e. The molecular formula is C15H19BrN6O3S. The molecule has 3 heterocycles. The predicted molar refractivity (Wildman–Crippen MR) is 100 cm³/mol. The van der Waals surface area contributed by atoms with Crippen LogP contribution in [-0.2, 0) is 4.74 Å². The van der Waals surface area contributed by atoms with Crippen LogP contribution in [-0.4, -0.2) is 53.3 Å². The number of hydrogen-bond acceptors (Lipinski definition) is 7. The topological polar surface area (TPSA) is 112 Å². The van der Waals surface area contributed by atoms with E-state index < -0.39 is 11.8 Å². The second-order valence-corrected chi connectivity index (χ2v) is 7.61. The standard InChI is InChI=1S/C15H19BrN6O3S/c1-8(2)11-10(16)12(19-18-11)14(24)21-20-13(23)9-7-26-15(17-9)22-3-5-25-6-4-22/h7-8H,3-6H2,1-2H3,(H,18,19)(H,20,23)(H,21,24). The van der Waals surface area contributed by atoms with Gasteiger partial charge in [-0.15, -0.1) is 11.3 Å². The number of carbonyl (C=O) groups excluding carboxylic acids is 2. The Morgan fingerprint density at radius 2 is 2.00 bits per heavy atom. The van der Waals surface area contributed by atoms with E-state index in [4.69, 9.17) is 4.74 Å². The van der Waals surface area contributed by atoms with Gasteiger partial charge in [0.1, 0.15) is 5.69 Å². The van der Waals surface area contributed by atoms with Crippen molar-refractivity contribution in [2.24, 2.45) is 0 Å². The highest BCUT2D eigenvalue weighted by molar-refractivity contribution is 9.10. The van der Waals surface area contributed by atoms with Crippen molar-refractivity contribution in [3.05, 3.63) is 26.9 Å². The van der Waals surface area contributed by atoms with E-state index in [-0.39, 0.29) is 17.3 Å². The van der Waals surface area contributed by atoms with E-state index >= 15 is 0 Å². The zero-order chi connectivity index (χ0) is 18.7. The van der Waals surface area contributed by atoms with Gasteiger partial charge in [-0.2, -0.15) is 5.10 Å². The molecule has 3 N–H and O–H groups in total. The van der Waals surface area contributed by atoms with Crippen LogP contribution < -0.4 is 15.8 Å². The molecule has 0 spiro atoms. The summed E-state index contributed by atoms with van der Waals surface area (Å²) in [7, 11) is 0. The van der Waals surface area contributed by atoms with Gasteiger partial charge in [0.05, 0.1) is 23.4 Å². The summed E-state index contributed by atoms with van der Waals surface area (Å²) in [4.78, 5) is 30.8. The van der Waals surface area contributed by atoms with Gasteiger partial charge in [-0.25, -0.2) is 4.98 Å². The number of nitrogens with zero attached hydrogens (tertiary/aromatic N) is 3. The van der Waals surface area contributed by atoms with Crippen LogP contribution in [0.1, 0.15) is 46.4 Å². The molecule has 0 aromatic carbocycles. The first-order valence-electron chi connectivity index (χ1n) is 8.10. The van der Waals surface area contributed by atoms with Crippen molar-refractivity contribution in [1.82, 2.24) is 26.0 Å². The van der Waals surface area contributed by atoms with Crippen LogP contribution in [0.2, 0.25) is 0 Å². The lowest BCUT2D eigenvalue weighted by atomic mass is 10.1. The SMILES string of the molecule is CC(C)c1[nH]nc(C(=O)NNC(=O)c2csc(N3CCOCC3)n2)c1Br. The van der Waals surface area contributed by atoms with Gasteiger partial charge in [0.25, 0.3) is 11.8 Å². The highest BCUT2D eigenvalue weighted by atomic mass is 79.9. The summed E-state index contributed by atoms with van der Waals surface area (Å²) in [5.74, 6) is -0.816. The van der Waals surface area contributed by atoms with Gasteiger partial charge in [-0.05, 0) is 21.8 Å². The van der Waals surface area contributed by atoms with Crippen molar-refractivity contribution in [3.63, 3.8) is 0 Å². The number of hydrogen-bond donors (Lipinski definition) is 3. The van der Waals surface area contributed by atoms with Crippen LogP contribution in [0.4, 0.5) is 5.13 Å². The zero-order valence-corrected chi connectivity index (χ0v) is 16.7. The van der Waals surface area contributed by atoms with Gasteiger partial charge in [-0.3, -0.25) is 25.5 Å². The Hall–Kier alpha value is -1.98. The monoisotopic (exact) mass is 442 g/mol. The van der Waals surface area contributed by atoms with Gasteiger partial charge in [0.15, 0.2) is 10.8 Å². The number of hydrazine groups is 1. The van der Waals surface area contributed by atoms with E-state index in [0.29, 0.717) is 17.7 Å². The third kappa shape index (κ3) is 4.05. The minimum atomic E-state index is -0.517. The summed E-state index contributed by atoms with van der Waals surface area (Å²) in [5, 5.41) is 9.23. The fourth-order valence-corrected chi connectivity index (χ4v) is 4.05. The van der Waals surface area contributed by atoms with Crippen molar-refractivity contribution in [1.29, 1.82) is 0 Å². The lowest BCUT2D eigenvalue weighted by molar-refractivity contribution is 0.0841. The molecular weight excluding hydrogens is 424 g/mol. The van der Waals surface area contributed by atoms with Crippen molar-refractivity contribution >= 4 is 44.2 Å². The minimum Gasteiger partial charge on any atom is -0.378 e. The number of aromatic nitrogens is 3. The quantitative estimate of drug-likeness (QED) is 0.620. The summed E-state index contributed by atoms with van der Waals surface area (Å²) in [6, 6.07) is 0. The molecule has 2 aromatic heterocycles. The zero-order valence-electron chi connectivity index (χ0n) is 14.3. The smallest absolute Gasteiger partial charge is 0.291 e. The lowest BCUT2D eigenvalue weighted by Gasteiger charge is -2.25. The predicted octanol–water partition coefficient (Wildman–Crippen LogP) is 1.66. The first kappa shape index (κ1) is 18.8. The summed E-state index contributed by atoms with van der Waals surface area (Å²) >= 11 is 4.74. The first-order chi connectivity index (χ1) is 12.5. The molecule has 1 aliphatic heterocycles. The number of carbonyl (C=O) groups is 2. The number of ether oxygens (including phenoxy) is 1. The average molecular weight is 443 g/mol. The Kier molecular flexibility index (Phi) is 5.89. The van der Waals surface area contributed by atoms with Crippen molar-refractivity contribution in [2.75, 3.05) is 31.2 Å². The van der Waals surface area contributed by atoms with E-state index in [2.05, 4.69) is 46.9 Å². The first-order valence-corrected chi connectivity index (χ1v) is 9.77. The fraction of sp³-hybridized carbons (Fsp3) is 0.467.